The summed E-state index contributed by atoms with van der Waals surface area (Å²) in [5, 5.41) is 8.91. The Kier molecular flexibility index (Phi) is 4.79. The summed E-state index contributed by atoms with van der Waals surface area (Å²) in [6, 6.07) is 0. The number of thioether (sulfide) groups is 1. The van der Waals surface area contributed by atoms with E-state index in [0.29, 0.717) is 5.75 Å². The normalized spacial score (nSPS) is 16.9. The summed E-state index contributed by atoms with van der Waals surface area (Å²) in [6.45, 7) is 3.78. The summed E-state index contributed by atoms with van der Waals surface area (Å²) in [4.78, 5) is 14.0. The second-order valence-corrected chi connectivity index (χ2v) is 6.57. The van der Waals surface area contributed by atoms with E-state index in [4.69, 9.17) is 0 Å². The Balaban J connectivity index is 1.79. The van der Waals surface area contributed by atoms with Gasteiger partial charge in [0.15, 0.2) is 4.34 Å². The first-order chi connectivity index (χ1) is 8.25. The third-order valence-corrected chi connectivity index (χ3v) is 4.74. The highest BCUT2D eigenvalue weighted by Crippen LogP contribution is 2.22. The van der Waals surface area contributed by atoms with E-state index in [1.807, 2.05) is 11.8 Å². The molecule has 0 unspecified atom stereocenters. The average Bonchev–Trinajstić information content (AvgIpc) is 2.58. The van der Waals surface area contributed by atoms with Gasteiger partial charge in [0.2, 0.25) is 5.91 Å². The number of aromatic nitrogens is 2. The molecule has 6 heteroatoms. The molecule has 0 radical (unpaired) electrons. The van der Waals surface area contributed by atoms with Crippen molar-refractivity contribution in [3.63, 3.8) is 0 Å². The van der Waals surface area contributed by atoms with Crippen molar-refractivity contribution in [3.8, 4) is 0 Å². The summed E-state index contributed by atoms with van der Waals surface area (Å²) < 4.78 is 0.894. The number of amides is 1. The van der Waals surface area contributed by atoms with Gasteiger partial charge in [-0.2, -0.15) is 0 Å². The zero-order chi connectivity index (χ0) is 12.1. The van der Waals surface area contributed by atoms with Crippen molar-refractivity contribution >= 4 is 29.0 Å². The van der Waals surface area contributed by atoms with Crippen LogP contribution in [0.5, 0.6) is 0 Å². The molecule has 0 saturated carbocycles. The van der Waals surface area contributed by atoms with Gasteiger partial charge in [-0.25, -0.2) is 0 Å². The standard InChI is InChI=1S/C11H17N3OS2/c1-9-12-13-11(17-9)16-8-10(15)14-6-4-2-3-5-7-14/h2-8H2,1H3. The van der Waals surface area contributed by atoms with Crippen LogP contribution >= 0.6 is 23.1 Å². The Labute approximate surface area is 110 Å². The molecule has 0 spiro atoms. The molecule has 1 aliphatic rings. The quantitative estimate of drug-likeness (QED) is 0.792. The number of rotatable bonds is 3. The number of hydrogen-bond acceptors (Lipinski definition) is 5. The van der Waals surface area contributed by atoms with Gasteiger partial charge in [-0.3, -0.25) is 4.79 Å². The van der Waals surface area contributed by atoms with E-state index in [9.17, 15) is 4.79 Å². The van der Waals surface area contributed by atoms with Crippen LogP contribution in [0, 0.1) is 6.92 Å². The van der Waals surface area contributed by atoms with Crippen LogP contribution in [0.2, 0.25) is 0 Å². The Morgan fingerprint density at radius 3 is 2.59 bits per heavy atom. The van der Waals surface area contributed by atoms with Crippen LogP contribution in [0.1, 0.15) is 30.7 Å². The smallest absolute Gasteiger partial charge is 0.233 e. The van der Waals surface area contributed by atoms with Crippen molar-refractivity contribution in [3.05, 3.63) is 5.01 Å². The van der Waals surface area contributed by atoms with Crippen LogP contribution in [0.4, 0.5) is 0 Å². The lowest BCUT2D eigenvalue weighted by Crippen LogP contribution is -2.33. The van der Waals surface area contributed by atoms with E-state index < -0.39 is 0 Å². The fourth-order valence-electron chi connectivity index (χ4n) is 1.87. The zero-order valence-corrected chi connectivity index (χ0v) is 11.6. The maximum atomic E-state index is 12.0. The zero-order valence-electron chi connectivity index (χ0n) is 10.0. The van der Waals surface area contributed by atoms with Crippen LogP contribution in [0.3, 0.4) is 0 Å². The van der Waals surface area contributed by atoms with E-state index in [1.54, 1.807) is 11.3 Å². The summed E-state index contributed by atoms with van der Waals surface area (Å²) in [5.41, 5.74) is 0. The first-order valence-corrected chi connectivity index (χ1v) is 7.76. The Morgan fingerprint density at radius 1 is 1.29 bits per heavy atom. The maximum absolute atomic E-state index is 12.0. The number of aryl methyl sites for hydroxylation is 1. The number of carbonyl (C=O) groups excluding carboxylic acids is 1. The van der Waals surface area contributed by atoms with Gasteiger partial charge in [-0.15, -0.1) is 10.2 Å². The van der Waals surface area contributed by atoms with Crippen LogP contribution in [0.15, 0.2) is 4.34 Å². The van der Waals surface area contributed by atoms with Gasteiger partial charge >= 0.3 is 0 Å². The first-order valence-electron chi connectivity index (χ1n) is 5.96. The van der Waals surface area contributed by atoms with E-state index in [1.165, 1.54) is 24.6 Å². The molecule has 1 fully saturated rings. The monoisotopic (exact) mass is 271 g/mol. The predicted molar refractivity (Wildman–Crippen MR) is 70.4 cm³/mol. The molecule has 2 rings (SSSR count). The first kappa shape index (κ1) is 12.8. The molecule has 1 saturated heterocycles. The van der Waals surface area contributed by atoms with Gasteiger partial charge < -0.3 is 4.90 Å². The van der Waals surface area contributed by atoms with Crippen LogP contribution in [-0.4, -0.2) is 39.8 Å². The lowest BCUT2D eigenvalue weighted by Gasteiger charge is -2.19. The number of nitrogens with zero attached hydrogens (tertiary/aromatic N) is 3. The minimum atomic E-state index is 0.241. The number of carbonyl (C=O) groups is 1. The molecule has 2 heterocycles. The SMILES string of the molecule is Cc1nnc(SCC(=O)N2CCCCCC2)s1. The molecule has 1 aromatic heterocycles. The topological polar surface area (TPSA) is 46.1 Å². The van der Waals surface area contributed by atoms with E-state index >= 15 is 0 Å². The molecular formula is C11H17N3OS2. The fraction of sp³-hybridized carbons (Fsp3) is 0.727. The van der Waals surface area contributed by atoms with Crippen molar-refractivity contribution in [2.75, 3.05) is 18.8 Å². The Bertz CT molecular complexity index is 373. The Morgan fingerprint density at radius 2 is 2.00 bits per heavy atom. The molecule has 0 atom stereocenters. The fourth-order valence-corrected chi connectivity index (χ4v) is 3.59. The van der Waals surface area contributed by atoms with Crippen LogP contribution in [-0.2, 0) is 4.79 Å². The molecule has 17 heavy (non-hydrogen) atoms. The summed E-state index contributed by atoms with van der Waals surface area (Å²) in [5.74, 6) is 0.735. The molecule has 0 aliphatic carbocycles. The lowest BCUT2D eigenvalue weighted by atomic mass is 10.2. The van der Waals surface area contributed by atoms with Crippen LogP contribution in [0.25, 0.3) is 0 Å². The molecule has 94 valence electrons. The van der Waals surface area contributed by atoms with Gasteiger partial charge in [0, 0.05) is 13.1 Å². The molecular weight excluding hydrogens is 254 g/mol. The summed E-state index contributed by atoms with van der Waals surface area (Å²) in [7, 11) is 0. The third-order valence-electron chi connectivity index (χ3n) is 2.79. The minimum Gasteiger partial charge on any atom is -0.342 e. The molecule has 1 aliphatic heterocycles. The van der Waals surface area contributed by atoms with Gasteiger partial charge in [-0.1, -0.05) is 35.9 Å². The second-order valence-electron chi connectivity index (χ2n) is 4.17. The minimum absolute atomic E-state index is 0.241. The molecule has 0 N–H and O–H groups in total. The molecule has 4 nitrogen and oxygen atoms in total. The molecule has 1 aromatic rings. The van der Waals surface area contributed by atoms with E-state index in [2.05, 4.69) is 10.2 Å². The van der Waals surface area contributed by atoms with Crippen LogP contribution < -0.4 is 0 Å². The van der Waals surface area contributed by atoms with Crippen molar-refractivity contribution in [1.29, 1.82) is 0 Å². The van der Waals surface area contributed by atoms with E-state index in [-0.39, 0.29) is 5.91 Å². The third kappa shape index (κ3) is 3.96. The highest BCUT2D eigenvalue weighted by Gasteiger charge is 2.16. The molecule has 0 aromatic carbocycles. The number of likely N-dealkylation sites (tertiary alicyclic amines) is 1. The summed E-state index contributed by atoms with van der Waals surface area (Å²) >= 11 is 3.05. The number of hydrogen-bond donors (Lipinski definition) is 0. The molecule has 0 bridgehead atoms. The second kappa shape index (κ2) is 6.35. The van der Waals surface area contributed by atoms with Crippen molar-refractivity contribution < 1.29 is 4.79 Å². The average molecular weight is 271 g/mol. The van der Waals surface area contributed by atoms with E-state index in [0.717, 1.165) is 35.3 Å². The van der Waals surface area contributed by atoms with Gasteiger partial charge in [0.25, 0.3) is 0 Å². The Hall–Kier alpha value is -0.620. The highest BCUT2D eigenvalue weighted by molar-refractivity contribution is 8.01. The maximum Gasteiger partial charge on any atom is 0.233 e. The van der Waals surface area contributed by atoms with Crippen molar-refractivity contribution in [2.45, 2.75) is 36.9 Å². The lowest BCUT2D eigenvalue weighted by molar-refractivity contribution is -0.128. The van der Waals surface area contributed by atoms with Crippen molar-refractivity contribution in [2.24, 2.45) is 0 Å². The van der Waals surface area contributed by atoms with Crippen molar-refractivity contribution in [1.82, 2.24) is 15.1 Å². The van der Waals surface area contributed by atoms with Gasteiger partial charge in [0.05, 0.1) is 5.75 Å². The van der Waals surface area contributed by atoms with Gasteiger partial charge in [0.1, 0.15) is 5.01 Å². The summed E-state index contributed by atoms with van der Waals surface area (Å²) in [6.07, 6.45) is 4.81. The van der Waals surface area contributed by atoms with Gasteiger partial charge in [-0.05, 0) is 19.8 Å². The highest BCUT2D eigenvalue weighted by atomic mass is 32.2. The molecule has 1 amide bonds. The largest absolute Gasteiger partial charge is 0.342 e. The predicted octanol–water partition coefficient (Wildman–Crippen LogP) is 2.34.